The molecule has 0 spiro atoms. The van der Waals surface area contributed by atoms with E-state index in [0.717, 1.165) is 0 Å². The van der Waals surface area contributed by atoms with Crippen molar-refractivity contribution >= 4 is 50.9 Å². The van der Waals surface area contributed by atoms with Crippen molar-refractivity contribution in [1.29, 1.82) is 0 Å². The second kappa shape index (κ2) is 10.4. The molecular weight excluding hydrogens is 556 g/mol. The number of hydrogen-bond acceptors (Lipinski definition) is 7. The van der Waals surface area contributed by atoms with Crippen molar-refractivity contribution in [2.24, 2.45) is 4.99 Å². The Labute approximate surface area is 218 Å². The number of aromatic nitrogens is 1. The summed E-state index contributed by atoms with van der Waals surface area (Å²) >= 11 is 10.6. The fourth-order valence-electron chi connectivity index (χ4n) is 3.86. The van der Waals surface area contributed by atoms with Gasteiger partial charge in [0.1, 0.15) is 11.5 Å². The highest BCUT2D eigenvalue weighted by Gasteiger charge is 2.33. The van der Waals surface area contributed by atoms with Gasteiger partial charge in [-0.15, -0.1) is 0 Å². The Morgan fingerprint density at radius 1 is 1.26 bits per heavy atom. The number of fused-ring (bicyclic) bond motifs is 1. The van der Waals surface area contributed by atoms with Gasteiger partial charge in [-0.1, -0.05) is 35.1 Å². The van der Waals surface area contributed by atoms with E-state index in [1.807, 2.05) is 19.1 Å². The van der Waals surface area contributed by atoms with Crippen LogP contribution in [0.25, 0.3) is 6.08 Å². The molecule has 0 radical (unpaired) electrons. The molecule has 1 aliphatic heterocycles. The number of thiazole rings is 1. The van der Waals surface area contributed by atoms with Gasteiger partial charge >= 0.3 is 5.97 Å². The van der Waals surface area contributed by atoms with Crippen LogP contribution in [-0.2, 0) is 9.53 Å². The van der Waals surface area contributed by atoms with Crippen LogP contribution < -0.4 is 19.6 Å². The highest BCUT2D eigenvalue weighted by atomic mass is 79.9. The van der Waals surface area contributed by atoms with E-state index in [0.29, 0.717) is 53.6 Å². The van der Waals surface area contributed by atoms with Crippen LogP contribution in [0.3, 0.4) is 0 Å². The molecule has 1 aliphatic rings. The molecule has 0 fully saturated rings. The van der Waals surface area contributed by atoms with Gasteiger partial charge < -0.3 is 14.6 Å². The number of carbonyl (C=O) groups excluding carboxylic acids is 1. The molecule has 2 aromatic carbocycles. The maximum absolute atomic E-state index is 13.6. The predicted octanol–water partition coefficient (Wildman–Crippen LogP) is 4.32. The maximum Gasteiger partial charge on any atom is 0.338 e. The van der Waals surface area contributed by atoms with Crippen molar-refractivity contribution < 1.29 is 19.4 Å². The lowest BCUT2D eigenvalue weighted by molar-refractivity contribution is -0.139. The third kappa shape index (κ3) is 4.94. The van der Waals surface area contributed by atoms with E-state index in [4.69, 9.17) is 21.1 Å². The minimum Gasteiger partial charge on any atom is -0.506 e. The van der Waals surface area contributed by atoms with Crippen LogP contribution in [0.1, 0.15) is 37.9 Å². The van der Waals surface area contributed by atoms with Gasteiger partial charge in [-0.25, -0.2) is 9.79 Å². The molecule has 1 unspecified atom stereocenters. The fraction of sp³-hybridized carbons (Fsp3) is 0.240. The molecule has 0 aliphatic carbocycles. The quantitative estimate of drug-likeness (QED) is 0.441. The van der Waals surface area contributed by atoms with Gasteiger partial charge in [-0.3, -0.25) is 9.36 Å². The van der Waals surface area contributed by atoms with Crippen molar-refractivity contribution in [1.82, 2.24) is 4.57 Å². The van der Waals surface area contributed by atoms with E-state index < -0.39 is 12.0 Å². The van der Waals surface area contributed by atoms with Gasteiger partial charge in [-0.2, -0.15) is 0 Å². The summed E-state index contributed by atoms with van der Waals surface area (Å²) in [5.74, 6) is 0.120. The number of nitrogens with zero attached hydrogens (tertiary/aromatic N) is 2. The zero-order valence-electron chi connectivity index (χ0n) is 19.2. The first kappa shape index (κ1) is 25.2. The monoisotopic (exact) mass is 576 g/mol. The van der Waals surface area contributed by atoms with Crippen molar-refractivity contribution in [2.45, 2.75) is 26.8 Å². The minimum absolute atomic E-state index is 0.0355. The van der Waals surface area contributed by atoms with Gasteiger partial charge in [0.05, 0.1) is 39.5 Å². The van der Waals surface area contributed by atoms with Crippen LogP contribution in [0, 0.1) is 0 Å². The van der Waals surface area contributed by atoms with Gasteiger partial charge in [0.15, 0.2) is 4.80 Å². The number of halogens is 2. The number of carbonyl (C=O) groups is 1. The number of phenolic OH excluding ortho intramolecular Hbond substituents is 1. The average Bonchev–Trinajstić information content (AvgIpc) is 3.11. The Hall–Kier alpha value is -2.88. The summed E-state index contributed by atoms with van der Waals surface area (Å²) < 4.78 is 13.1. The topological polar surface area (TPSA) is 90.1 Å². The van der Waals surface area contributed by atoms with Gasteiger partial charge in [0, 0.05) is 10.6 Å². The number of esters is 1. The van der Waals surface area contributed by atoms with Crippen molar-refractivity contribution in [3.63, 3.8) is 0 Å². The molecule has 1 N–H and O–H groups in total. The van der Waals surface area contributed by atoms with Crippen LogP contribution in [0.5, 0.6) is 11.5 Å². The first-order valence-corrected chi connectivity index (χ1v) is 12.8. The van der Waals surface area contributed by atoms with E-state index in [2.05, 4.69) is 20.9 Å². The Morgan fingerprint density at radius 2 is 1.97 bits per heavy atom. The van der Waals surface area contributed by atoms with Gasteiger partial charge in [-0.05, 0) is 72.6 Å². The third-order valence-electron chi connectivity index (χ3n) is 5.37. The van der Waals surface area contributed by atoms with E-state index in [1.165, 1.54) is 15.9 Å². The molecule has 35 heavy (non-hydrogen) atoms. The Balaban J connectivity index is 1.94. The van der Waals surface area contributed by atoms with E-state index >= 15 is 0 Å². The molecule has 0 bridgehead atoms. The van der Waals surface area contributed by atoms with Gasteiger partial charge in [0.25, 0.3) is 5.56 Å². The standard InChI is InChI=1S/C25H22BrClN2O5S/c1-4-33-17-8-6-14(7-9-17)21-20(24(32)34-5-2)13(3)28-25-29(21)23(31)19(35-25)11-15-10-16(27)12-18(26)22(15)30/h6-12,21,30H,4-5H2,1-3H3. The highest BCUT2D eigenvalue weighted by molar-refractivity contribution is 9.10. The third-order valence-corrected chi connectivity index (χ3v) is 7.17. The molecule has 1 atom stereocenters. The molecule has 0 saturated carbocycles. The Bertz CT molecular complexity index is 1510. The highest BCUT2D eigenvalue weighted by Crippen LogP contribution is 2.33. The molecule has 0 saturated heterocycles. The molecule has 2 heterocycles. The van der Waals surface area contributed by atoms with Crippen molar-refractivity contribution in [3.05, 3.63) is 88.0 Å². The maximum atomic E-state index is 13.6. The molecule has 3 aromatic rings. The van der Waals surface area contributed by atoms with Crippen molar-refractivity contribution in [2.75, 3.05) is 13.2 Å². The molecule has 0 amide bonds. The number of ether oxygens (including phenoxy) is 2. The number of aromatic hydroxyl groups is 1. The summed E-state index contributed by atoms with van der Waals surface area (Å²) in [6, 6.07) is 9.65. The summed E-state index contributed by atoms with van der Waals surface area (Å²) in [4.78, 5) is 31.6. The van der Waals surface area contributed by atoms with Crippen LogP contribution in [0.15, 0.2) is 61.9 Å². The average molecular weight is 578 g/mol. The molecule has 10 heteroatoms. The smallest absolute Gasteiger partial charge is 0.338 e. The fourth-order valence-corrected chi connectivity index (χ4v) is 5.73. The summed E-state index contributed by atoms with van der Waals surface area (Å²) in [7, 11) is 0. The number of phenols is 1. The molecule has 7 nitrogen and oxygen atoms in total. The summed E-state index contributed by atoms with van der Waals surface area (Å²) in [5.41, 5.74) is 1.52. The normalized spacial score (nSPS) is 15.6. The summed E-state index contributed by atoms with van der Waals surface area (Å²) in [6.07, 6.45) is 1.56. The lowest BCUT2D eigenvalue weighted by Gasteiger charge is -2.24. The predicted molar refractivity (Wildman–Crippen MR) is 139 cm³/mol. The minimum atomic E-state index is -0.733. The molecule has 182 valence electrons. The second-order valence-electron chi connectivity index (χ2n) is 7.63. The zero-order valence-corrected chi connectivity index (χ0v) is 22.3. The largest absolute Gasteiger partial charge is 0.506 e. The zero-order chi connectivity index (χ0) is 25.3. The molecule has 1 aromatic heterocycles. The van der Waals surface area contributed by atoms with Crippen molar-refractivity contribution in [3.8, 4) is 11.5 Å². The SMILES string of the molecule is CCOC(=O)C1=C(C)N=c2sc(=Cc3cc(Cl)cc(Br)c3O)c(=O)n2C1c1ccc(OCC)cc1. The van der Waals surface area contributed by atoms with Gasteiger partial charge in [0.2, 0.25) is 0 Å². The first-order chi connectivity index (χ1) is 16.7. The summed E-state index contributed by atoms with van der Waals surface area (Å²) in [6.45, 7) is 6.07. The number of allylic oxidation sites excluding steroid dienone is 1. The number of rotatable bonds is 6. The molecule has 4 rings (SSSR count). The Kier molecular flexibility index (Phi) is 7.49. The van der Waals surface area contributed by atoms with Crippen LogP contribution in [0.4, 0.5) is 0 Å². The number of benzene rings is 2. The first-order valence-electron chi connectivity index (χ1n) is 10.9. The van der Waals surface area contributed by atoms with Crippen LogP contribution >= 0.6 is 38.9 Å². The number of hydrogen-bond donors (Lipinski definition) is 1. The van der Waals surface area contributed by atoms with Crippen LogP contribution in [-0.4, -0.2) is 28.9 Å². The lowest BCUT2D eigenvalue weighted by Crippen LogP contribution is -2.39. The van der Waals surface area contributed by atoms with E-state index in [-0.39, 0.29) is 17.9 Å². The van der Waals surface area contributed by atoms with E-state index in [1.54, 1.807) is 44.2 Å². The van der Waals surface area contributed by atoms with Crippen LogP contribution in [0.2, 0.25) is 5.02 Å². The lowest BCUT2D eigenvalue weighted by atomic mass is 9.96. The molecular formula is C25H22BrClN2O5S. The second-order valence-corrected chi connectivity index (χ2v) is 9.93. The summed E-state index contributed by atoms with van der Waals surface area (Å²) in [5, 5.41) is 10.9. The van der Waals surface area contributed by atoms with E-state index in [9.17, 15) is 14.7 Å². The Morgan fingerprint density at radius 3 is 2.63 bits per heavy atom.